The molecule has 1 aliphatic heterocycles. The highest BCUT2D eigenvalue weighted by atomic mass is 32.2. The van der Waals surface area contributed by atoms with Gasteiger partial charge in [0.15, 0.2) is 0 Å². The van der Waals surface area contributed by atoms with Crippen molar-refractivity contribution in [1.29, 1.82) is 0 Å². The van der Waals surface area contributed by atoms with Crippen LogP contribution in [0.3, 0.4) is 0 Å². The third-order valence-electron chi connectivity index (χ3n) is 4.90. The number of nitrogens with one attached hydrogen (secondary N) is 1. The van der Waals surface area contributed by atoms with E-state index in [1.165, 1.54) is 11.3 Å². The van der Waals surface area contributed by atoms with E-state index in [9.17, 15) is 13.2 Å². The number of anilines is 1. The van der Waals surface area contributed by atoms with Crippen molar-refractivity contribution in [2.75, 3.05) is 11.0 Å². The molecular formula is C22H21N3O3S2. The number of hydrazone groups is 1. The van der Waals surface area contributed by atoms with E-state index < -0.39 is 10.0 Å². The third kappa shape index (κ3) is 4.29. The van der Waals surface area contributed by atoms with E-state index in [1.54, 1.807) is 29.3 Å². The van der Waals surface area contributed by atoms with E-state index in [0.29, 0.717) is 17.0 Å². The molecule has 6 nitrogen and oxygen atoms in total. The quantitative estimate of drug-likeness (QED) is 0.639. The number of amides is 1. The lowest BCUT2D eigenvalue weighted by molar-refractivity contribution is 0.0716. The van der Waals surface area contributed by atoms with Crippen LogP contribution in [0.2, 0.25) is 0 Å². The summed E-state index contributed by atoms with van der Waals surface area (Å²) >= 11 is 1.39. The molecule has 0 aliphatic carbocycles. The third-order valence-corrected chi connectivity index (χ3v) is 6.36. The number of aryl methyl sites for hydroxylation is 1. The minimum Gasteiger partial charge on any atom is -0.284 e. The number of nitrogens with zero attached hydrogens (tertiary/aromatic N) is 2. The highest BCUT2D eigenvalue weighted by Gasteiger charge is 2.34. The summed E-state index contributed by atoms with van der Waals surface area (Å²) in [7, 11) is -3.38. The van der Waals surface area contributed by atoms with E-state index in [2.05, 4.69) is 9.82 Å². The molecule has 0 radical (unpaired) electrons. The molecule has 1 aliphatic rings. The van der Waals surface area contributed by atoms with Gasteiger partial charge in [-0.3, -0.25) is 9.52 Å². The van der Waals surface area contributed by atoms with Crippen LogP contribution in [0.4, 0.5) is 5.69 Å². The van der Waals surface area contributed by atoms with Crippen molar-refractivity contribution < 1.29 is 13.2 Å². The molecule has 154 valence electrons. The average Bonchev–Trinajstić information content (AvgIpc) is 3.37. The fourth-order valence-corrected chi connectivity index (χ4v) is 4.77. The molecule has 1 aromatic heterocycles. The Bertz CT molecular complexity index is 1220. The number of benzene rings is 2. The Morgan fingerprint density at radius 2 is 1.93 bits per heavy atom. The van der Waals surface area contributed by atoms with Gasteiger partial charge in [-0.2, -0.15) is 5.10 Å². The number of carbonyl (C=O) groups is 1. The second-order valence-corrected chi connectivity index (χ2v) is 9.90. The van der Waals surface area contributed by atoms with Gasteiger partial charge < -0.3 is 0 Å². The van der Waals surface area contributed by atoms with E-state index in [4.69, 9.17) is 0 Å². The summed E-state index contributed by atoms with van der Waals surface area (Å²) in [5, 5.41) is 8.11. The van der Waals surface area contributed by atoms with Gasteiger partial charge >= 0.3 is 0 Å². The molecule has 3 aromatic rings. The Balaban J connectivity index is 1.73. The van der Waals surface area contributed by atoms with Crippen LogP contribution in [0.1, 0.15) is 38.8 Å². The molecule has 1 atom stereocenters. The number of carbonyl (C=O) groups excluding carboxylic acids is 1. The van der Waals surface area contributed by atoms with Crippen LogP contribution in [-0.4, -0.2) is 31.3 Å². The molecule has 0 bridgehead atoms. The molecule has 0 fully saturated rings. The van der Waals surface area contributed by atoms with Crippen LogP contribution in [0.25, 0.3) is 0 Å². The predicted octanol–water partition coefficient (Wildman–Crippen LogP) is 4.42. The monoisotopic (exact) mass is 439 g/mol. The summed E-state index contributed by atoms with van der Waals surface area (Å²) in [6.07, 6.45) is 1.66. The Labute approximate surface area is 179 Å². The van der Waals surface area contributed by atoms with E-state index in [1.807, 2.05) is 48.7 Å². The van der Waals surface area contributed by atoms with Crippen LogP contribution < -0.4 is 4.72 Å². The lowest BCUT2D eigenvalue weighted by Gasteiger charge is -2.23. The van der Waals surface area contributed by atoms with Gasteiger partial charge in [0.1, 0.15) is 0 Å². The van der Waals surface area contributed by atoms with E-state index in [-0.39, 0.29) is 11.9 Å². The number of rotatable bonds is 5. The molecule has 0 spiro atoms. The topological polar surface area (TPSA) is 78.8 Å². The summed E-state index contributed by atoms with van der Waals surface area (Å²) in [5.41, 5.74) is 4.13. The maximum absolute atomic E-state index is 13.2. The molecule has 8 heteroatoms. The van der Waals surface area contributed by atoms with Crippen molar-refractivity contribution in [2.24, 2.45) is 5.10 Å². The van der Waals surface area contributed by atoms with Crippen LogP contribution >= 0.6 is 11.3 Å². The first-order valence-electron chi connectivity index (χ1n) is 9.40. The Hall–Kier alpha value is -2.97. The molecule has 1 amide bonds. The average molecular weight is 440 g/mol. The Kier molecular flexibility index (Phi) is 5.44. The predicted molar refractivity (Wildman–Crippen MR) is 120 cm³/mol. The standard InChI is InChI=1S/C22H21N3O3S2/c1-15-7-3-4-10-18(15)20-14-19(23-25(20)22(26)21-11-6-12-29-21)16-8-5-9-17(13-16)24-30(2,27)28/h3-13,20,24H,14H2,1-2H3/t20-/m0/s1. The Morgan fingerprint density at radius 1 is 1.13 bits per heavy atom. The van der Waals surface area contributed by atoms with E-state index in [0.717, 1.165) is 28.7 Å². The zero-order chi connectivity index (χ0) is 21.3. The van der Waals surface area contributed by atoms with Crippen molar-refractivity contribution in [3.63, 3.8) is 0 Å². The fourth-order valence-electron chi connectivity index (χ4n) is 3.56. The van der Waals surface area contributed by atoms with E-state index >= 15 is 0 Å². The van der Waals surface area contributed by atoms with Crippen molar-refractivity contribution in [3.8, 4) is 0 Å². The smallest absolute Gasteiger partial charge is 0.284 e. The molecule has 0 saturated carbocycles. The van der Waals surface area contributed by atoms with Gasteiger partial charge in [-0.25, -0.2) is 13.4 Å². The maximum atomic E-state index is 13.2. The first-order chi connectivity index (χ1) is 14.3. The summed E-state index contributed by atoms with van der Waals surface area (Å²) in [4.78, 5) is 13.8. The van der Waals surface area contributed by atoms with Crippen LogP contribution in [-0.2, 0) is 10.0 Å². The number of thiophene rings is 1. The highest BCUT2D eigenvalue weighted by molar-refractivity contribution is 7.92. The van der Waals surface area contributed by atoms with Crippen molar-refractivity contribution >= 4 is 38.7 Å². The van der Waals surface area contributed by atoms with Gasteiger partial charge in [-0.15, -0.1) is 11.3 Å². The van der Waals surface area contributed by atoms with Gasteiger partial charge in [0.25, 0.3) is 5.91 Å². The van der Waals surface area contributed by atoms with Crippen LogP contribution in [0.15, 0.2) is 71.1 Å². The normalized spacial score (nSPS) is 16.4. The Morgan fingerprint density at radius 3 is 2.63 bits per heavy atom. The van der Waals surface area contributed by atoms with Gasteiger partial charge in [0, 0.05) is 12.1 Å². The molecule has 2 aromatic carbocycles. The lowest BCUT2D eigenvalue weighted by Crippen LogP contribution is -2.26. The molecular weight excluding hydrogens is 418 g/mol. The second-order valence-electron chi connectivity index (χ2n) is 7.21. The number of hydrogen-bond donors (Lipinski definition) is 1. The highest BCUT2D eigenvalue weighted by Crippen LogP contribution is 2.36. The molecule has 1 N–H and O–H groups in total. The molecule has 0 unspecified atom stereocenters. The first kappa shape index (κ1) is 20.3. The molecule has 30 heavy (non-hydrogen) atoms. The first-order valence-corrected chi connectivity index (χ1v) is 12.2. The molecule has 4 rings (SSSR count). The van der Waals surface area contributed by atoms with Gasteiger partial charge in [0.2, 0.25) is 10.0 Å². The zero-order valence-corrected chi connectivity index (χ0v) is 18.2. The van der Waals surface area contributed by atoms with Crippen LogP contribution in [0, 0.1) is 6.92 Å². The van der Waals surface area contributed by atoms with Crippen LogP contribution in [0.5, 0.6) is 0 Å². The van der Waals surface area contributed by atoms with Gasteiger partial charge in [-0.05, 0) is 47.2 Å². The number of hydrogen-bond acceptors (Lipinski definition) is 5. The summed E-state index contributed by atoms with van der Waals surface area (Å²) in [6.45, 7) is 2.03. The SMILES string of the molecule is Cc1ccccc1[C@@H]1CC(c2cccc(NS(C)(=O)=O)c2)=NN1C(=O)c1cccs1. The zero-order valence-electron chi connectivity index (χ0n) is 16.6. The minimum absolute atomic E-state index is 0.140. The summed E-state index contributed by atoms with van der Waals surface area (Å²) in [6, 6.07) is 18.5. The largest absolute Gasteiger partial charge is 0.284 e. The summed E-state index contributed by atoms with van der Waals surface area (Å²) in [5.74, 6) is -0.140. The minimum atomic E-state index is -3.38. The lowest BCUT2D eigenvalue weighted by atomic mass is 9.95. The molecule has 2 heterocycles. The van der Waals surface area contributed by atoms with Crippen molar-refractivity contribution in [1.82, 2.24) is 5.01 Å². The fraction of sp³-hybridized carbons (Fsp3) is 0.182. The molecule has 0 saturated heterocycles. The second kappa shape index (κ2) is 8.04. The maximum Gasteiger partial charge on any atom is 0.284 e. The van der Waals surface area contributed by atoms with Gasteiger partial charge in [0.05, 0.1) is 22.9 Å². The van der Waals surface area contributed by atoms with Crippen molar-refractivity contribution in [2.45, 2.75) is 19.4 Å². The van der Waals surface area contributed by atoms with Gasteiger partial charge in [-0.1, -0.05) is 42.5 Å². The van der Waals surface area contributed by atoms with Crippen molar-refractivity contribution in [3.05, 3.63) is 87.6 Å². The number of sulfonamides is 1. The summed E-state index contributed by atoms with van der Waals surface area (Å²) < 4.78 is 25.7.